The molecule has 0 N–H and O–H groups in total. The quantitative estimate of drug-likeness (QED) is 0.335. The third-order valence-electron chi connectivity index (χ3n) is 0. The molecule has 0 aromatic rings. The van der Waals surface area contributed by atoms with Crippen molar-refractivity contribution in [2.24, 2.45) is 0 Å². The van der Waals surface area contributed by atoms with Crippen molar-refractivity contribution in [2.45, 2.75) is 0 Å². The Morgan fingerprint density at radius 2 is 2.00 bits per heavy atom. The zero-order valence-electron chi connectivity index (χ0n) is 1.64. The molecule has 0 bridgehead atoms. The average molecular weight is 114 g/mol. The van der Waals surface area contributed by atoms with Crippen LogP contribution in [-0.2, 0) is 12.2 Å². The van der Waals surface area contributed by atoms with Crippen LogP contribution in [0.15, 0.2) is 0 Å². The summed E-state index contributed by atoms with van der Waals surface area (Å²) in [6.07, 6.45) is 0. The first kappa shape index (κ1) is 5.03. The Balaban J connectivity index is 2.32. The van der Waals surface area contributed by atoms with Crippen LogP contribution in [0.4, 0.5) is 0 Å². The maximum absolute atomic E-state index is 9.17. The van der Waals surface area contributed by atoms with Crippen molar-refractivity contribution in [3.05, 3.63) is 0 Å². The molecule has 4 heteroatoms. The molecule has 1 atom stereocenters. The van der Waals surface area contributed by atoms with Gasteiger partial charge in [-0.25, -0.2) is 0 Å². The molecule has 26 valence electrons. The lowest BCUT2D eigenvalue weighted by atomic mass is 15.9. The molecule has 1 nitrogen and oxygen atoms in total. The highest BCUT2D eigenvalue weighted by Gasteiger charge is 1.35. The molecular weight excluding hydrogens is 114 g/mol. The Hall–Kier alpha value is 1.03. The summed E-state index contributed by atoms with van der Waals surface area (Å²) in [6, 6.07) is 0. The Morgan fingerprint density at radius 3 is 2.00 bits per heavy atom. The van der Waals surface area contributed by atoms with Crippen molar-refractivity contribution in [1.82, 2.24) is 0 Å². The first-order chi connectivity index (χ1) is 1.73. The molecule has 0 aromatic carbocycles. The molecular formula is ClOPS-2. The molecule has 0 amide bonds. The van der Waals surface area contributed by atoms with Gasteiger partial charge in [-0.1, -0.05) is 0 Å². The maximum atomic E-state index is 9.17. The van der Waals surface area contributed by atoms with Gasteiger partial charge >= 0.3 is 0 Å². The lowest BCUT2D eigenvalue weighted by molar-refractivity contribution is -0.148. The summed E-state index contributed by atoms with van der Waals surface area (Å²) in [6.45, 7) is -1.81. The molecule has 0 heterocycles. The lowest BCUT2D eigenvalue weighted by Crippen LogP contribution is -1.78. The minimum absolute atomic E-state index is 1.81. The number of hydrogen-bond donors (Lipinski definition) is 0. The van der Waals surface area contributed by atoms with Gasteiger partial charge in [0.05, 0.1) is 0 Å². The fourth-order valence-electron chi connectivity index (χ4n) is 0. The molecule has 0 saturated carbocycles. The monoisotopic (exact) mass is 114 g/mol. The van der Waals surface area contributed by atoms with E-state index in [-0.39, 0.29) is 0 Å². The van der Waals surface area contributed by atoms with Crippen molar-refractivity contribution in [3.8, 4) is 0 Å². The second kappa shape index (κ2) is 2.28. The Labute approximate surface area is 35.8 Å². The van der Waals surface area contributed by atoms with E-state index in [1.807, 2.05) is 0 Å². The largest absolute Gasteiger partial charge is 0.836 e. The minimum atomic E-state index is -1.81. The smallest absolute Gasteiger partial charge is 0.144 e. The Kier molecular flexibility index (Phi) is 2.86. The Bertz CT molecular complexity index is 12.8. The van der Waals surface area contributed by atoms with E-state index in [0.717, 1.165) is 0 Å². The van der Waals surface area contributed by atoms with E-state index in [4.69, 9.17) is 0 Å². The average Bonchev–Trinajstić information content (AvgIpc) is 0.811. The summed E-state index contributed by atoms with van der Waals surface area (Å²) in [7, 11) is 0. The van der Waals surface area contributed by atoms with Gasteiger partial charge < -0.3 is 17.1 Å². The minimum Gasteiger partial charge on any atom is -0.836 e. The van der Waals surface area contributed by atoms with Crippen LogP contribution < -0.4 is 4.89 Å². The van der Waals surface area contributed by atoms with Crippen LogP contribution in [0.5, 0.6) is 0 Å². The van der Waals surface area contributed by atoms with Crippen molar-refractivity contribution in [3.63, 3.8) is 0 Å². The molecule has 0 aliphatic rings. The first-order valence-electron chi connectivity index (χ1n) is 0.534. The van der Waals surface area contributed by atoms with Crippen LogP contribution in [0.25, 0.3) is 0 Å². The van der Waals surface area contributed by atoms with Gasteiger partial charge in [-0.3, -0.25) is 6.70 Å². The molecule has 0 aromatic heterocycles. The van der Waals surface area contributed by atoms with E-state index < -0.39 is 6.70 Å². The molecule has 0 fully saturated rings. The highest BCUT2D eigenvalue weighted by atomic mass is 35.7. The molecule has 0 radical (unpaired) electrons. The van der Waals surface area contributed by atoms with Gasteiger partial charge in [-0.2, -0.15) is 0 Å². The van der Waals surface area contributed by atoms with Crippen molar-refractivity contribution < 1.29 is 4.89 Å². The number of hydrogen-bond acceptors (Lipinski definition) is 2. The van der Waals surface area contributed by atoms with E-state index in [0.29, 0.717) is 0 Å². The Morgan fingerprint density at radius 1 is 2.00 bits per heavy atom. The molecule has 0 spiro atoms. The summed E-state index contributed by atoms with van der Waals surface area (Å²) < 4.78 is 0. The standard InChI is InChI=1S/ClOPS/c1-3(2)4/q-2. The summed E-state index contributed by atoms with van der Waals surface area (Å²) in [4.78, 5) is 9.17. The molecule has 0 rings (SSSR count). The summed E-state index contributed by atoms with van der Waals surface area (Å²) in [5.74, 6) is 0. The lowest BCUT2D eigenvalue weighted by Gasteiger charge is -2.19. The second-order valence-corrected chi connectivity index (χ2v) is 3.16. The van der Waals surface area contributed by atoms with Crippen LogP contribution in [0.3, 0.4) is 0 Å². The van der Waals surface area contributed by atoms with Crippen LogP contribution in [0, 0.1) is 0 Å². The van der Waals surface area contributed by atoms with Gasteiger partial charge in [0.15, 0.2) is 0 Å². The molecule has 0 saturated heterocycles. The van der Waals surface area contributed by atoms with Crippen molar-refractivity contribution in [1.29, 1.82) is 0 Å². The van der Waals surface area contributed by atoms with Crippen LogP contribution in [0.1, 0.15) is 0 Å². The van der Waals surface area contributed by atoms with Crippen LogP contribution in [0.2, 0.25) is 0 Å². The molecule has 4 heavy (non-hydrogen) atoms. The molecule has 0 aliphatic carbocycles. The van der Waals surface area contributed by atoms with Gasteiger partial charge in [-0.15, -0.1) is 11.2 Å². The highest BCUT2D eigenvalue weighted by Crippen LogP contribution is 2.24. The third kappa shape index (κ3) is 11.8. The van der Waals surface area contributed by atoms with E-state index >= 15 is 0 Å². The zero-order chi connectivity index (χ0) is 3.58. The highest BCUT2D eigenvalue weighted by molar-refractivity contribution is 8.40. The molecule has 0 aliphatic heterocycles. The fraction of sp³-hybridized carbons (Fsp3) is 0. The van der Waals surface area contributed by atoms with Gasteiger partial charge in [0.25, 0.3) is 0 Å². The van der Waals surface area contributed by atoms with Crippen molar-refractivity contribution in [2.75, 3.05) is 0 Å². The van der Waals surface area contributed by atoms with E-state index in [1.54, 1.807) is 0 Å². The predicted molar refractivity (Wildman–Crippen MR) is 20.1 cm³/mol. The summed E-state index contributed by atoms with van der Waals surface area (Å²) in [5.41, 5.74) is 0. The van der Waals surface area contributed by atoms with Gasteiger partial charge in [0.1, 0.15) is 0 Å². The van der Waals surface area contributed by atoms with E-state index in [9.17, 15) is 4.89 Å². The van der Waals surface area contributed by atoms with E-state index in [2.05, 4.69) is 23.5 Å². The summed E-state index contributed by atoms with van der Waals surface area (Å²) in [5, 5.41) is 0. The van der Waals surface area contributed by atoms with Crippen LogP contribution >= 0.6 is 17.9 Å². The fourth-order valence-corrected chi connectivity index (χ4v) is 0. The second-order valence-electron chi connectivity index (χ2n) is 0.213. The van der Waals surface area contributed by atoms with Gasteiger partial charge in [0.2, 0.25) is 0 Å². The number of halogens is 1. The van der Waals surface area contributed by atoms with Crippen molar-refractivity contribution >= 4 is 30.2 Å². The first-order valence-corrected chi connectivity index (χ1v) is 3.71. The number of rotatable bonds is 0. The third-order valence-corrected chi connectivity index (χ3v) is 0. The van der Waals surface area contributed by atoms with Crippen LogP contribution in [-0.4, -0.2) is 0 Å². The van der Waals surface area contributed by atoms with Gasteiger partial charge in [0, 0.05) is 0 Å². The summed E-state index contributed by atoms with van der Waals surface area (Å²) >= 11 is 8.49. The molecule has 1 unspecified atom stereocenters. The normalized spacial score (nSPS) is 15.8. The zero-order valence-corrected chi connectivity index (χ0v) is 4.11. The van der Waals surface area contributed by atoms with E-state index in [1.165, 1.54) is 0 Å². The maximum Gasteiger partial charge on any atom is -0.144 e. The topological polar surface area (TPSA) is 23.1 Å². The SMILES string of the molecule is [O-]P([S-])Cl. The van der Waals surface area contributed by atoms with Gasteiger partial charge in [-0.05, 0) is 0 Å². The predicted octanol–water partition coefficient (Wildman–Crippen LogP) is 0.359.